The molecule has 2 aromatic heterocycles. The van der Waals surface area contributed by atoms with Crippen molar-refractivity contribution >= 4 is 5.91 Å². The van der Waals surface area contributed by atoms with E-state index < -0.39 is 24.0 Å². The van der Waals surface area contributed by atoms with Gasteiger partial charge in [0, 0.05) is 31.2 Å². The highest BCUT2D eigenvalue weighted by Gasteiger charge is 2.32. The van der Waals surface area contributed by atoms with Crippen LogP contribution in [0.3, 0.4) is 0 Å². The summed E-state index contributed by atoms with van der Waals surface area (Å²) >= 11 is 0. The smallest absolute Gasteiger partial charge is 0.358 e. The van der Waals surface area contributed by atoms with Gasteiger partial charge in [0.15, 0.2) is 0 Å². The molecule has 3 rings (SSSR count). The van der Waals surface area contributed by atoms with E-state index in [0.29, 0.717) is 29.5 Å². The fraction of sp³-hybridized carbons (Fsp3) is 0.320. The van der Waals surface area contributed by atoms with Gasteiger partial charge in [-0.1, -0.05) is 24.3 Å². The van der Waals surface area contributed by atoms with E-state index in [2.05, 4.69) is 20.6 Å². The average Bonchev–Trinajstić information content (AvgIpc) is 2.81. The second-order valence-electron chi connectivity index (χ2n) is 8.10. The molecule has 0 unspecified atom stereocenters. The predicted molar refractivity (Wildman–Crippen MR) is 120 cm³/mol. The Balaban J connectivity index is 1.88. The number of carbonyl (C=O) groups excluding carboxylic acids is 1. The van der Waals surface area contributed by atoms with E-state index in [-0.39, 0.29) is 11.7 Å². The first-order chi connectivity index (χ1) is 16.1. The summed E-state index contributed by atoms with van der Waals surface area (Å²) < 4.78 is 52.4. The van der Waals surface area contributed by atoms with Crippen molar-refractivity contribution < 1.29 is 22.4 Å². The van der Waals surface area contributed by atoms with E-state index >= 15 is 0 Å². The molecule has 0 bridgehead atoms. The van der Waals surface area contributed by atoms with Crippen LogP contribution in [0.25, 0.3) is 0 Å². The minimum absolute atomic E-state index is 0.273. The van der Waals surface area contributed by atoms with Gasteiger partial charge in [-0.3, -0.25) is 20.1 Å². The molecule has 180 valence electrons. The van der Waals surface area contributed by atoms with Crippen molar-refractivity contribution in [3.8, 4) is 0 Å². The molecule has 2 heterocycles. The van der Waals surface area contributed by atoms with Crippen LogP contribution >= 0.6 is 0 Å². The lowest BCUT2D eigenvalue weighted by Crippen LogP contribution is -2.38. The molecule has 0 aliphatic heterocycles. The van der Waals surface area contributed by atoms with Crippen molar-refractivity contribution in [3.63, 3.8) is 0 Å². The van der Waals surface area contributed by atoms with Crippen LogP contribution in [0.1, 0.15) is 52.1 Å². The molecule has 0 saturated carbocycles. The lowest BCUT2D eigenvalue weighted by Gasteiger charge is -2.26. The number of alkyl halides is 3. The van der Waals surface area contributed by atoms with Crippen LogP contribution in [0.2, 0.25) is 0 Å². The topological polar surface area (TPSA) is 66.9 Å². The van der Waals surface area contributed by atoms with Gasteiger partial charge in [0.2, 0.25) is 5.91 Å². The standard InChI is InChI=1S/C25H26F4N4O/c1-15-12-18(8-9-20(15)26)21(10-5-17-6-11-22(32-13-17)25(27,28)29)33-23(24(34)30-3)19-7-4-16(2)31-14-19/h4,6-9,11-14,21,23,33H,5,10H2,1-3H3,(H,30,34)/t21-,23+/m0/s1. The highest BCUT2D eigenvalue weighted by Crippen LogP contribution is 2.29. The van der Waals surface area contributed by atoms with Gasteiger partial charge < -0.3 is 5.32 Å². The maximum absolute atomic E-state index is 13.9. The number of aryl methyl sites for hydroxylation is 3. The summed E-state index contributed by atoms with van der Waals surface area (Å²) in [6, 6.07) is 9.52. The predicted octanol–water partition coefficient (Wildman–Crippen LogP) is 5.00. The summed E-state index contributed by atoms with van der Waals surface area (Å²) in [5.41, 5.74) is 2.34. The van der Waals surface area contributed by atoms with Crippen LogP contribution in [0, 0.1) is 19.7 Å². The first-order valence-electron chi connectivity index (χ1n) is 10.8. The maximum Gasteiger partial charge on any atom is 0.433 e. The third-order valence-electron chi connectivity index (χ3n) is 5.57. The normalized spacial score (nSPS) is 13.4. The van der Waals surface area contributed by atoms with Crippen LogP contribution in [-0.4, -0.2) is 22.9 Å². The lowest BCUT2D eigenvalue weighted by atomic mass is 9.96. The number of nitrogens with one attached hydrogen (secondary N) is 2. The Labute approximate surface area is 195 Å². The van der Waals surface area contributed by atoms with Crippen molar-refractivity contribution in [3.05, 3.63) is 94.3 Å². The monoisotopic (exact) mass is 474 g/mol. The molecule has 5 nitrogen and oxygen atoms in total. The number of rotatable bonds is 8. The second-order valence-corrected chi connectivity index (χ2v) is 8.10. The summed E-state index contributed by atoms with van der Waals surface area (Å²) in [6.07, 6.45) is -0.848. The molecule has 3 aromatic rings. The number of hydrogen-bond donors (Lipinski definition) is 2. The molecule has 0 aliphatic carbocycles. The summed E-state index contributed by atoms with van der Waals surface area (Å²) in [4.78, 5) is 20.5. The van der Waals surface area contributed by atoms with E-state index in [9.17, 15) is 22.4 Å². The number of pyridine rings is 2. The Morgan fingerprint density at radius 3 is 2.29 bits per heavy atom. The average molecular weight is 475 g/mol. The lowest BCUT2D eigenvalue weighted by molar-refractivity contribution is -0.141. The fourth-order valence-corrected chi connectivity index (χ4v) is 3.60. The minimum Gasteiger partial charge on any atom is -0.358 e. The van der Waals surface area contributed by atoms with E-state index in [1.165, 1.54) is 25.4 Å². The van der Waals surface area contributed by atoms with Gasteiger partial charge in [0.1, 0.15) is 17.6 Å². The summed E-state index contributed by atoms with van der Waals surface area (Å²) in [5.74, 6) is -0.620. The molecule has 0 radical (unpaired) electrons. The largest absolute Gasteiger partial charge is 0.433 e. The molecular weight excluding hydrogens is 448 g/mol. The Bertz CT molecular complexity index is 1120. The van der Waals surface area contributed by atoms with Crippen LogP contribution < -0.4 is 10.6 Å². The molecule has 0 aliphatic rings. The van der Waals surface area contributed by atoms with E-state index in [0.717, 1.165) is 17.3 Å². The number of nitrogens with zero attached hydrogens (tertiary/aromatic N) is 2. The van der Waals surface area contributed by atoms with Crippen molar-refractivity contribution in [2.24, 2.45) is 0 Å². The van der Waals surface area contributed by atoms with Crippen molar-refractivity contribution in [2.45, 2.75) is 44.9 Å². The Morgan fingerprint density at radius 2 is 1.74 bits per heavy atom. The van der Waals surface area contributed by atoms with Gasteiger partial charge in [0.25, 0.3) is 0 Å². The van der Waals surface area contributed by atoms with Crippen LogP contribution in [0.5, 0.6) is 0 Å². The third-order valence-corrected chi connectivity index (χ3v) is 5.57. The van der Waals surface area contributed by atoms with Gasteiger partial charge in [0.05, 0.1) is 0 Å². The summed E-state index contributed by atoms with van der Waals surface area (Å²) in [5, 5.41) is 5.98. The van der Waals surface area contributed by atoms with Crippen LogP contribution in [-0.2, 0) is 17.4 Å². The Kier molecular flexibility index (Phi) is 7.98. The highest BCUT2D eigenvalue weighted by atomic mass is 19.4. The minimum atomic E-state index is -4.50. The number of benzene rings is 1. The maximum atomic E-state index is 13.9. The van der Waals surface area contributed by atoms with Crippen LogP contribution in [0.4, 0.5) is 17.6 Å². The SMILES string of the molecule is CNC(=O)[C@H](N[C@@H](CCc1ccc(C(F)(F)F)nc1)c1ccc(F)c(C)c1)c1ccc(C)nc1. The zero-order valence-electron chi connectivity index (χ0n) is 19.1. The molecule has 1 aromatic carbocycles. The van der Waals surface area contributed by atoms with Crippen LogP contribution in [0.15, 0.2) is 54.9 Å². The summed E-state index contributed by atoms with van der Waals surface area (Å²) in [6.45, 7) is 3.49. The highest BCUT2D eigenvalue weighted by molar-refractivity contribution is 5.82. The molecule has 2 N–H and O–H groups in total. The molecule has 2 atom stereocenters. The molecule has 34 heavy (non-hydrogen) atoms. The quantitative estimate of drug-likeness (QED) is 0.451. The van der Waals surface area contributed by atoms with E-state index in [1.54, 1.807) is 31.3 Å². The van der Waals surface area contributed by atoms with E-state index in [4.69, 9.17) is 0 Å². The van der Waals surface area contributed by atoms with Crippen molar-refractivity contribution in [1.29, 1.82) is 0 Å². The number of halogens is 4. The van der Waals surface area contributed by atoms with Gasteiger partial charge in [-0.2, -0.15) is 13.2 Å². The fourth-order valence-electron chi connectivity index (χ4n) is 3.60. The Hall–Kier alpha value is -3.33. The molecular formula is C25H26F4N4O. The first-order valence-corrected chi connectivity index (χ1v) is 10.8. The molecule has 1 amide bonds. The number of aromatic nitrogens is 2. The van der Waals surface area contributed by atoms with Gasteiger partial charge >= 0.3 is 6.18 Å². The van der Waals surface area contributed by atoms with E-state index in [1.807, 2.05) is 13.0 Å². The zero-order chi connectivity index (χ0) is 24.9. The number of likely N-dealkylation sites (N-methyl/N-ethyl adjacent to an activating group) is 1. The van der Waals surface area contributed by atoms with Gasteiger partial charge in [-0.05, 0) is 67.1 Å². The van der Waals surface area contributed by atoms with Crippen molar-refractivity contribution in [1.82, 2.24) is 20.6 Å². The third kappa shape index (κ3) is 6.38. The van der Waals surface area contributed by atoms with Gasteiger partial charge in [-0.15, -0.1) is 0 Å². The van der Waals surface area contributed by atoms with Crippen molar-refractivity contribution in [2.75, 3.05) is 7.05 Å². The molecule has 0 saturated heterocycles. The molecule has 0 fully saturated rings. The molecule has 0 spiro atoms. The first kappa shape index (κ1) is 25.3. The second kappa shape index (κ2) is 10.7. The zero-order valence-corrected chi connectivity index (χ0v) is 19.1. The Morgan fingerprint density at radius 1 is 1.00 bits per heavy atom. The number of hydrogen-bond acceptors (Lipinski definition) is 4. The summed E-state index contributed by atoms with van der Waals surface area (Å²) in [7, 11) is 1.53. The molecule has 9 heteroatoms. The van der Waals surface area contributed by atoms with Gasteiger partial charge in [-0.25, -0.2) is 4.39 Å². The number of carbonyl (C=O) groups is 1. The number of amides is 1.